The Morgan fingerprint density at radius 3 is 2.83 bits per heavy atom. The largest absolute Gasteiger partial charge is 0.490 e. The highest BCUT2D eigenvalue weighted by Gasteiger charge is 2.39. The third kappa shape index (κ3) is 5.80. The molecule has 1 fully saturated rings. The Hall–Kier alpha value is -3.44. The van der Waals surface area contributed by atoms with Gasteiger partial charge in [0.1, 0.15) is 24.2 Å². The normalized spacial score (nSPS) is 21.7. The molecule has 11 heteroatoms. The van der Waals surface area contributed by atoms with Gasteiger partial charge in [-0.2, -0.15) is 0 Å². The van der Waals surface area contributed by atoms with Gasteiger partial charge in [0.25, 0.3) is 11.8 Å². The summed E-state index contributed by atoms with van der Waals surface area (Å²) in [6.07, 6.45) is 0.968. The first-order valence-corrected chi connectivity index (χ1v) is 11.6. The molecule has 4 rings (SSSR count). The summed E-state index contributed by atoms with van der Waals surface area (Å²) < 4.78 is 22.0. The first-order chi connectivity index (χ1) is 16.9. The van der Waals surface area contributed by atoms with Gasteiger partial charge in [-0.3, -0.25) is 14.4 Å². The summed E-state index contributed by atoms with van der Waals surface area (Å²) in [5.74, 6) is 0.160. The number of methoxy groups -OCH3 is 1. The highest BCUT2D eigenvalue weighted by Crippen LogP contribution is 2.32. The summed E-state index contributed by atoms with van der Waals surface area (Å²) in [7, 11) is 3.32. The number of likely N-dealkylation sites (N-methyl/N-ethyl adjacent to an activating group) is 1. The smallest absolute Gasteiger partial charge is 0.277 e. The second-order valence-corrected chi connectivity index (χ2v) is 8.70. The van der Waals surface area contributed by atoms with Crippen LogP contribution in [-0.4, -0.2) is 79.9 Å². The highest BCUT2D eigenvalue weighted by molar-refractivity contribution is 6.04. The number of nitrogens with one attached hydrogen (secondary N) is 2. The SMILES string of the molecule is COCCNC(=O)C[C@H]1CC[C@@H]2[C@@H](COc3ccc(NC(=O)c4cc(C)on4)cc3C(=O)N2C)O1. The molecule has 1 saturated heterocycles. The zero-order valence-corrected chi connectivity index (χ0v) is 20.0. The number of hydrogen-bond donors (Lipinski definition) is 2. The van der Waals surface area contributed by atoms with Gasteiger partial charge in [-0.25, -0.2) is 0 Å². The number of anilines is 1. The lowest BCUT2D eigenvalue weighted by Crippen LogP contribution is -2.54. The quantitative estimate of drug-likeness (QED) is 0.566. The number of hydrogen-bond acceptors (Lipinski definition) is 8. The van der Waals surface area contributed by atoms with Gasteiger partial charge < -0.3 is 34.3 Å². The number of amides is 3. The number of nitrogens with zero attached hydrogens (tertiary/aromatic N) is 2. The van der Waals surface area contributed by atoms with E-state index in [1.807, 2.05) is 0 Å². The van der Waals surface area contributed by atoms with Gasteiger partial charge in [-0.05, 0) is 38.0 Å². The Labute approximate surface area is 203 Å². The summed E-state index contributed by atoms with van der Waals surface area (Å²) in [5, 5.41) is 9.25. The zero-order valence-electron chi connectivity index (χ0n) is 20.0. The maximum Gasteiger partial charge on any atom is 0.277 e. The van der Waals surface area contributed by atoms with Crippen LogP contribution in [0.4, 0.5) is 5.69 Å². The van der Waals surface area contributed by atoms with E-state index in [0.717, 1.165) is 0 Å². The Bertz CT molecular complexity index is 1090. The lowest BCUT2D eigenvalue weighted by Gasteiger charge is -2.42. The molecule has 2 aliphatic rings. The van der Waals surface area contributed by atoms with Gasteiger partial charge in [0.2, 0.25) is 5.91 Å². The second kappa shape index (κ2) is 10.9. The number of rotatable bonds is 7. The summed E-state index contributed by atoms with van der Waals surface area (Å²) in [5.41, 5.74) is 0.939. The predicted molar refractivity (Wildman–Crippen MR) is 124 cm³/mol. The number of carbonyl (C=O) groups excluding carboxylic acids is 3. The van der Waals surface area contributed by atoms with Crippen molar-refractivity contribution < 1.29 is 33.1 Å². The Morgan fingerprint density at radius 2 is 2.09 bits per heavy atom. The van der Waals surface area contributed by atoms with E-state index in [1.54, 1.807) is 44.2 Å². The number of aryl methyl sites for hydroxylation is 1. The molecular weight excluding hydrogens is 456 g/mol. The average Bonchev–Trinajstić information content (AvgIpc) is 3.28. The molecule has 0 unspecified atom stereocenters. The molecule has 0 radical (unpaired) electrons. The number of fused-ring (bicyclic) bond motifs is 2. The molecule has 1 aromatic carbocycles. The monoisotopic (exact) mass is 486 g/mol. The van der Waals surface area contributed by atoms with E-state index in [2.05, 4.69) is 15.8 Å². The number of benzene rings is 1. The Kier molecular flexibility index (Phi) is 7.67. The fourth-order valence-electron chi connectivity index (χ4n) is 4.35. The van der Waals surface area contributed by atoms with Crippen LogP contribution in [0, 0.1) is 6.92 Å². The van der Waals surface area contributed by atoms with Crippen LogP contribution >= 0.6 is 0 Å². The summed E-state index contributed by atoms with van der Waals surface area (Å²) >= 11 is 0. The van der Waals surface area contributed by atoms with E-state index in [0.29, 0.717) is 48.8 Å². The lowest BCUT2D eigenvalue weighted by molar-refractivity contribution is -0.134. The van der Waals surface area contributed by atoms with Crippen molar-refractivity contribution in [1.29, 1.82) is 0 Å². The minimum absolute atomic E-state index is 0.0950. The van der Waals surface area contributed by atoms with Crippen LogP contribution in [0.3, 0.4) is 0 Å². The number of ether oxygens (including phenoxy) is 3. The van der Waals surface area contributed by atoms with Gasteiger partial charge in [0.15, 0.2) is 5.69 Å². The van der Waals surface area contributed by atoms with Crippen molar-refractivity contribution in [2.45, 2.75) is 44.4 Å². The number of aromatic nitrogens is 1. The van der Waals surface area contributed by atoms with Gasteiger partial charge in [0, 0.05) is 32.5 Å². The molecule has 0 aliphatic carbocycles. The van der Waals surface area contributed by atoms with E-state index in [4.69, 9.17) is 18.7 Å². The van der Waals surface area contributed by atoms with Crippen LogP contribution in [0.1, 0.15) is 45.9 Å². The lowest BCUT2D eigenvalue weighted by atomic mass is 9.94. The Balaban J connectivity index is 1.43. The molecule has 3 heterocycles. The minimum atomic E-state index is -0.438. The molecule has 2 N–H and O–H groups in total. The minimum Gasteiger partial charge on any atom is -0.490 e. The molecule has 1 aromatic heterocycles. The first kappa shape index (κ1) is 24.7. The molecule has 3 amide bonds. The fourth-order valence-corrected chi connectivity index (χ4v) is 4.35. The van der Waals surface area contributed by atoms with Crippen molar-refractivity contribution in [3.63, 3.8) is 0 Å². The summed E-state index contributed by atoms with van der Waals surface area (Å²) in [4.78, 5) is 39.6. The van der Waals surface area contributed by atoms with Crippen LogP contribution in [0.2, 0.25) is 0 Å². The summed E-state index contributed by atoms with van der Waals surface area (Å²) in [6, 6.07) is 6.24. The van der Waals surface area contributed by atoms with Crippen LogP contribution in [0.5, 0.6) is 5.75 Å². The predicted octanol–water partition coefficient (Wildman–Crippen LogP) is 1.77. The zero-order chi connectivity index (χ0) is 24.9. The molecule has 2 aromatic rings. The second-order valence-electron chi connectivity index (χ2n) is 8.70. The third-order valence-electron chi connectivity index (χ3n) is 6.17. The van der Waals surface area contributed by atoms with E-state index in [9.17, 15) is 14.4 Å². The van der Waals surface area contributed by atoms with Gasteiger partial charge in [-0.15, -0.1) is 0 Å². The molecule has 2 aliphatic heterocycles. The molecule has 0 spiro atoms. The molecule has 188 valence electrons. The van der Waals surface area contributed by atoms with Crippen LogP contribution in [0.25, 0.3) is 0 Å². The maximum atomic E-state index is 13.3. The average molecular weight is 487 g/mol. The maximum absolute atomic E-state index is 13.3. The van der Waals surface area contributed by atoms with Crippen molar-refractivity contribution in [2.75, 3.05) is 39.2 Å². The fraction of sp³-hybridized carbons (Fsp3) is 0.500. The van der Waals surface area contributed by atoms with Crippen molar-refractivity contribution in [2.24, 2.45) is 0 Å². The summed E-state index contributed by atoms with van der Waals surface area (Å²) in [6.45, 7) is 2.84. The van der Waals surface area contributed by atoms with Crippen molar-refractivity contribution in [1.82, 2.24) is 15.4 Å². The topological polar surface area (TPSA) is 132 Å². The third-order valence-corrected chi connectivity index (χ3v) is 6.17. The van der Waals surface area contributed by atoms with E-state index < -0.39 is 5.91 Å². The standard InChI is InChI=1S/C24H30N4O7/c1-14-10-18(27-35-14)23(30)26-15-4-7-20-17(11-15)24(31)28(2)19-6-5-16(34-21(19)13-33-20)12-22(29)25-8-9-32-3/h4,7,10-11,16,19,21H,5-6,8-9,12-13H2,1-3H3,(H,25,29)(H,26,30)/t16-,19-,21-/m1/s1. The first-order valence-electron chi connectivity index (χ1n) is 11.6. The van der Waals surface area contributed by atoms with E-state index >= 15 is 0 Å². The van der Waals surface area contributed by atoms with Gasteiger partial charge in [-0.1, -0.05) is 5.16 Å². The molecule has 0 bridgehead atoms. The molecular formula is C24H30N4O7. The highest BCUT2D eigenvalue weighted by atomic mass is 16.5. The van der Waals surface area contributed by atoms with Gasteiger partial charge >= 0.3 is 0 Å². The van der Waals surface area contributed by atoms with Crippen LogP contribution in [-0.2, 0) is 14.3 Å². The molecule has 0 saturated carbocycles. The van der Waals surface area contributed by atoms with Gasteiger partial charge in [0.05, 0.1) is 30.7 Å². The van der Waals surface area contributed by atoms with Crippen molar-refractivity contribution >= 4 is 23.4 Å². The molecule has 35 heavy (non-hydrogen) atoms. The van der Waals surface area contributed by atoms with Crippen molar-refractivity contribution in [3.8, 4) is 5.75 Å². The Morgan fingerprint density at radius 1 is 1.26 bits per heavy atom. The van der Waals surface area contributed by atoms with Crippen LogP contribution < -0.4 is 15.4 Å². The molecule has 3 atom stereocenters. The van der Waals surface area contributed by atoms with Crippen molar-refractivity contribution in [3.05, 3.63) is 41.3 Å². The molecule has 11 nitrogen and oxygen atoms in total. The van der Waals surface area contributed by atoms with E-state index in [1.165, 1.54) is 6.07 Å². The number of carbonyl (C=O) groups is 3. The van der Waals surface area contributed by atoms with E-state index in [-0.39, 0.29) is 48.8 Å². The van der Waals surface area contributed by atoms with Crippen LogP contribution in [0.15, 0.2) is 28.8 Å².